The summed E-state index contributed by atoms with van der Waals surface area (Å²) in [6, 6.07) is 6.16. The maximum absolute atomic E-state index is 14.4. The predicted molar refractivity (Wildman–Crippen MR) is 152 cm³/mol. The molecule has 3 fully saturated rings. The summed E-state index contributed by atoms with van der Waals surface area (Å²) in [4.78, 5) is 47.1. The molecule has 3 unspecified atom stereocenters. The number of halogens is 1. The molecule has 0 aliphatic carbocycles. The molecule has 4 rings (SSSR count). The van der Waals surface area contributed by atoms with Crippen molar-refractivity contribution >= 4 is 39.3 Å². The number of likely N-dealkylation sites (tertiary alicyclic amines) is 1. The Morgan fingerprint density at radius 2 is 1.92 bits per heavy atom. The second-order valence-electron chi connectivity index (χ2n) is 10.3. The molecular weight excluding hydrogens is 566 g/mol. The zero-order valence-corrected chi connectivity index (χ0v) is 24.2. The highest BCUT2D eigenvalue weighted by Gasteiger charge is 2.76. The minimum atomic E-state index is -1.17. The van der Waals surface area contributed by atoms with E-state index in [-0.39, 0.29) is 42.2 Å². The lowest BCUT2D eigenvalue weighted by Crippen LogP contribution is -2.57. The lowest BCUT2D eigenvalue weighted by molar-refractivity contribution is -0.145. The standard InChI is InChI=1S/C29H38BrN3O6/c1-5-13-31(14-6-2)26(35)22-23-27(36)33(16-8-17-34)25(29(23)18-21(30)24(22)39-29)28(37)32(15-7-3)19-9-11-20(38-4)12-10-19/h5,7,9-12,21-25,34H,1,3,6,8,13-18H2,2,4H3/t21?,22-,23-,24-,25?,29?/m0/s1. The monoisotopic (exact) mass is 603 g/mol. The van der Waals surface area contributed by atoms with Gasteiger partial charge in [-0.1, -0.05) is 35.0 Å². The molecule has 0 saturated carbocycles. The van der Waals surface area contributed by atoms with Gasteiger partial charge in [0.15, 0.2) is 0 Å². The number of fused-ring (bicyclic) bond motifs is 1. The first-order chi connectivity index (χ1) is 18.8. The van der Waals surface area contributed by atoms with Crippen molar-refractivity contribution < 1.29 is 29.0 Å². The van der Waals surface area contributed by atoms with Gasteiger partial charge in [0.05, 0.1) is 25.0 Å². The number of carbonyl (C=O) groups is 3. The zero-order chi connectivity index (χ0) is 28.3. The van der Waals surface area contributed by atoms with Gasteiger partial charge in [-0.25, -0.2) is 0 Å². The fraction of sp³-hybridized carbons (Fsp3) is 0.552. The summed E-state index contributed by atoms with van der Waals surface area (Å²) in [5.74, 6) is -1.59. The van der Waals surface area contributed by atoms with E-state index in [4.69, 9.17) is 9.47 Å². The van der Waals surface area contributed by atoms with Crippen LogP contribution in [0.15, 0.2) is 49.6 Å². The van der Waals surface area contributed by atoms with Gasteiger partial charge in [0.2, 0.25) is 11.8 Å². The third kappa shape index (κ3) is 5.02. The number of alkyl halides is 1. The summed E-state index contributed by atoms with van der Waals surface area (Å²) in [6.07, 6.45) is 4.28. The highest BCUT2D eigenvalue weighted by Crippen LogP contribution is 2.60. The number of benzene rings is 1. The summed E-state index contributed by atoms with van der Waals surface area (Å²) < 4.78 is 11.9. The van der Waals surface area contributed by atoms with Crippen LogP contribution in [0.4, 0.5) is 5.69 Å². The Labute approximate surface area is 238 Å². The van der Waals surface area contributed by atoms with Crippen molar-refractivity contribution in [1.29, 1.82) is 0 Å². The molecule has 1 N–H and O–H groups in total. The van der Waals surface area contributed by atoms with Crippen molar-refractivity contribution in [1.82, 2.24) is 9.80 Å². The van der Waals surface area contributed by atoms with E-state index >= 15 is 0 Å². The van der Waals surface area contributed by atoms with Gasteiger partial charge in [0.25, 0.3) is 5.91 Å². The summed E-state index contributed by atoms with van der Waals surface area (Å²) in [5.41, 5.74) is -0.536. The van der Waals surface area contributed by atoms with E-state index in [1.807, 2.05) is 6.92 Å². The van der Waals surface area contributed by atoms with Crippen LogP contribution in [0.3, 0.4) is 0 Å². The van der Waals surface area contributed by atoms with E-state index in [9.17, 15) is 19.5 Å². The van der Waals surface area contributed by atoms with Crippen molar-refractivity contribution in [2.24, 2.45) is 11.8 Å². The van der Waals surface area contributed by atoms with Gasteiger partial charge in [0.1, 0.15) is 17.4 Å². The summed E-state index contributed by atoms with van der Waals surface area (Å²) in [5, 5.41) is 9.60. The minimum Gasteiger partial charge on any atom is -0.497 e. The van der Waals surface area contributed by atoms with Crippen LogP contribution in [-0.2, 0) is 19.1 Å². The fourth-order valence-corrected chi connectivity index (χ4v) is 7.40. The number of amides is 3. The number of nitrogens with zero attached hydrogens (tertiary/aromatic N) is 3. The van der Waals surface area contributed by atoms with Gasteiger partial charge in [-0.05, 0) is 43.5 Å². The van der Waals surface area contributed by atoms with Crippen molar-refractivity contribution in [2.75, 3.05) is 44.8 Å². The molecule has 212 valence electrons. The first-order valence-electron chi connectivity index (χ1n) is 13.5. The topological polar surface area (TPSA) is 99.6 Å². The predicted octanol–water partition coefficient (Wildman–Crippen LogP) is 2.77. The molecule has 3 aliphatic heterocycles. The lowest BCUT2D eigenvalue weighted by atomic mass is 9.70. The lowest BCUT2D eigenvalue weighted by Gasteiger charge is -2.37. The molecule has 3 heterocycles. The molecule has 6 atom stereocenters. The molecule has 9 nitrogen and oxygen atoms in total. The molecule has 3 amide bonds. The average molecular weight is 605 g/mol. The summed E-state index contributed by atoms with van der Waals surface area (Å²) in [6.45, 7) is 10.8. The maximum atomic E-state index is 14.4. The number of aliphatic hydroxyl groups is 1. The van der Waals surface area contributed by atoms with E-state index in [1.165, 1.54) is 4.90 Å². The summed E-state index contributed by atoms with van der Waals surface area (Å²) >= 11 is 3.72. The number of rotatable bonds is 13. The number of hydrogen-bond acceptors (Lipinski definition) is 6. The molecule has 10 heteroatoms. The molecule has 3 saturated heterocycles. The van der Waals surface area contributed by atoms with E-state index in [1.54, 1.807) is 53.3 Å². The number of carbonyl (C=O) groups excluding carboxylic acids is 3. The molecule has 39 heavy (non-hydrogen) atoms. The van der Waals surface area contributed by atoms with Crippen molar-refractivity contribution in [3.05, 3.63) is 49.6 Å². The quantitative estimate of drug-likeness (QED) is 0.275. The third-order valence-electron chi connectivity index (χ3n) is 7.98. The van der Waals surface area contributed by atoms with Gasteiger partial charge < -0.3 is 29.3 Å². The van der Waals surface area contributed by atoms with Gasteiger partial charge in [0, 0.05) is 43.3 Å². The highest BCUT2D eigenvalue weighted by atomic mass is 79.9. The third-order valence-corrected chi connectivity index (χ3v) is 8.83. The molecular formula is C29H38BrN3O6. The van der Waals surface area contributed by atoms with Crippen LogP contribution in [-0.4, -0.2) is 95.1 Å². The number of hydrogen-bond donors (Lipinski definition) is 1. The molecule has 0 radical (unpaired) electrons. The number of ether oxygens (including phenoxy) is 2. The van der Waals surface area contributed by atoms with Gasteiger partial charge in [-0.3, -0.25) is 14.4 Å². The Morgan fingerprint density at radius 3 is 2.51 bits per heavy atom. The Morgan fingerprint density at radius 1 is 1.23 bits per heavy atom. The van der Waals surface area contributed by atoms with Crippen LogP contribution >= 0.6 is 15.9 Å². The van der Waals surface area contributed by atoms with Crippen LogP contribution in [0, 0.1) is 11.8 Å². The smallest absolute Gasteiger partial charge is 0.253 e. The second kappa shape index (κ2) is 12.2. The van der Waals surface area contributed by atoms with Crippen LogP contribution in [0.25, 0.3) is 0 Å². The Hall–Kier alpha value is -2.69. The maximum Gasteiger partial charge on any atom is 0.253 e. The van der Waals surface area contributed by atoms with E-state index in [0.717, 1.165) is 6.42 Å². The van der Waals surface area contributed by atoms with Crippen LogP contribution in [0.5, 0.6) is 5.75 Å². The largest absolute Gasteiger partial charge is 0.497 e. The molecule has 3 aliphatic rings. The van der Waals surface area contributed by atoms with Gasteiger partial charge in [-0.15, -0.1) is 13.2 Å². The van der Waals surface area contributed by atoms with E-state index in [2.05, 4.69) is 29.1 Å². The number of methoxy groups -OCH3 is 1. The Bertz CT molecular complexity index is 1100. The highest BCUT2D eigenvalue weighted by molar-refractivity contribution is 9.09. The van der Waals surface area contributed by atoms with Crippen molar-refractivity contribution in [3.63, 3.8) is 0 Å². The van der Waals surface area contributed by atoms with Crippen LogP contribution in [0.1, 0.15) is 26.2 Å². The molecule has 1 aromatic rings. The number of anilines is 1. The van der Waals surface area contributed by atoms with Crippen LogP contribution in [0.2, 0.25) is 0 Å². The van der Waals surface area contributed by atoms with Gasteiger partial charge >= 0.3 is 0 Å². The molecule has 2 bridgehead atoms. The normalized spacial score (nSPS) is 28.8. The Balaban J connectivity index is 1.77. The van der Waals surface area contributed by atoms with E-state index < -0.39 is 29.6 Å². The summed E-state index contributed by atoms with van der Waals surface area (Å²) in [7, 11) is 1.57. The zero-order valence-electron chi connectivity index (χ0n) is 22.6. The molecule has 0 aromatic heterocycles. The van der Waals surface area contributed by atoms with Crippen molar-refractivity contribution in [2.45, 2.75) is 48.8 Å². The fourth-order valence-electron chi connectivity index (χ4n) is 6.46. The average Bonchev–Trinajstić information content (AvgIpc) is 3.53. The van der Waals surface area contributed by atoms with Gasteiger partial charge in [-0.2, -0.15) is 0 Å². The first kappa shape index (κ1) is 29.3. The van der Waals surface area contributed by atoms with Crippen molar-refractivity contribution in [3.8, 4) is 5.75 Å². The molecule has 1 spiro atoms. The first-order valence-corrected chi connectivity index (χ1v) is 14.4. The second-order valence-corrected chi connectivity index (χ2v) is 11.5. The SMILES string of the molecule is C=CCN(CCC)C(=O)[C@H]1[C@H]2C(=O)N(CCCO)C(C(=O)N(CC=C)c3ccc(OC)cc3)C23CC(Br)[C@@H]1O3. The van der Waals surface area contributed by atoms with E-state index in [0.29, 0.717) is 37.4 Å². The minimum absolute atomic E-state index is 0.131. The Kier molecular flexibility index (Phi) is 9.18. The van der Waals surface area contributed by atoms with Crippen LogP contribution < -0.4 is 9.64 Å². The number of aliphatic hydroxyl groups excluding tert-OH is 1. The molecule has 1 aromatic carbocycles.